The van der Waals surface area contributed by atoms with Crippen LogP contribution >= 0.6 is 0 Å². The molecule has 0 aliphatic rings. The molecule has 0 unspecified atom stereocenters. The molecule has 0 saturated heterocycles. The predicted molar refractivity (Wildman–Crippen MR) is 49.7 cm³/mol. The van der Waals surface area contributed by atoms with Gasteiger partial charge in [0.1, 0.15) is 13.4 Å². The fourth-order valence-corrected chi connectivity index (χ4v) is 0.849. The third-order valence-corrected chi connectivity index (χ3v) is 1.49. The van der Waals surface area contributed by atoms with Crippen molar-refractivity contribution in [3.8, 4) is 12.3 Å². The van der Waals surface area contributed by atoms with E-state index in [1.165, 1.54) is 19.3 Å². The Morgan fingerprint density at radius 1 is 1.17 bits per heavy atom. The quantitative estimate of drug-likeness (QED) is 0.316. The Labute approximate surface area is 75.3 Å². The van der Waals surface area contributed by atoms with Crippen LogP contribution < -0.4 is 0 Å². The molecule has 0 fully saturated rings. The van der Waals surface area contributed by atoms with E-state index in [4.69, 9.17) is 15.9 Å². The molecular weight excluding hydrogens is 152 g/mol. The number of rotatable bonds is 8. The number of ether oxygens (including phenoxy) is 2. The average molecular weight is 170 g/mol. The highest BCUT2D eigenvalue weighted by Gasteiger charge is 1.88. The Morgan fingerprint density at radius 3 is 2.67 bits per heavy atom. The molecule has 0 radical (unpaired) electrons. The summed E-state index contributed by atoms with van der Waals surface area (Å²) < 4.78 is 10.1. The van der Waals surface area contributed by atoms with Gasteiger partial charge in [0.05, 0.1) is 0 Å². The van der Waals surface area contributed by atoms with Gasteiger partial charge in [0.2, 0.25) is 0 Å². The molecule has 0 spiro atoms. The van der Waals surface area contributed by atoms with Gasteiger partial charge in [-0.05, 0) is 6.42 Å². The lowest BCUT2D eigenvalue weighted by Gasteiger charge is -2.02. The fraction of sp³-hybridized carbons (Fsp3) is 0.800. The van der Waals surface area contributed by atoms with Crippen LogP contribution in [0.1, 0.15) is 32.6 Å². The van der Waals surface area contributed by atoms with E-state index in [1.807, 2.05) is 0 Å². The maximum absolute atomic E-state index is 5.16. The molecule has 0 aromatic heterocycles. The highest BCUT2D eigenvalue weighted by atomic mass is 16.7. The standard InChI is InChI=1S/C10H18O2/c1-3-5-6-7-9-12-10-11-8-4-2/h2H,3,5-10H2,1H3. The maximum Gasteiger partial charge on any atom is 0.148 e. The second kappa shape index (κ2) is 10.5. The fourth-order valence-electron chi connectivity index (χ4n) is 0.849. The van der Waals surface area contributed by atoms with Gasteiger partial charge in [0.15, 0.2) is 0 Å². The summed E-state index contributed by atoms with van der Waals surface area (Å²) in [7, 11) is 0. The molecule has 12 heavy (non-hydrogen) atoms. The summed E-state index contributed by atoms with van der Waals surface area (Å²) in [6.07, 6.45) is 9.88. The monoisotopic (exact) mass is 170 g/mol. The highest BCUT2D eigenvalue weighted by molar-refractivity contribution is 4.82. The van der Waals surface area contributed by atoms with E-state index in [1.54, 1.807) is 0 Å². The Bertz CT molecular complexity index is 115. The van der Waals surface area contributed by atoms with Gasteiger partial charge in [-0.25, -0.2) is 0 Å². The molecule has 0 rings (SSSR count). The minimum atomic E-state index is 0.330. The molecular formula is C10H18O2. The third kappa shape index (κ3) is 9.48. The van der Waals surface area contributed by atoms with Gasteiger partial charge in [-0.3, -0.25) is 0 Å². The van der Waals surface area contributed by atoms with Crippen molar-refractivity contribution in [2.75, 3.05) is 20.0 Å². The van der Waals surface area contributed by atoms with Gasteiger partial charge < -0.3 is 9.47 Å². The first-order valence-corrected chi connectivity index (χ1v) is 4.50. The van der Waals surface area contributed by atoms with E-state index >= 15 is 0 Å². The van der Waals surface area contributed by atoms with Crippen molar-refractivity contribution >= 4 is 0 Å². The van der Waals surface area contributed by atoms with Crippen LogP contribution in [-0.2, 0) is 9.47 Å². The number of unbranched alkanes of at least 4 members (excludes halogenated alkanes) is 3. The van der Waals surface area contributed by atoms with E-state index < -0.39 is 0 Å². The smallest absolute Gasteiger partial charge is 0.148 e. The molecule has 0 bridgehead atoms. The molecule has 0 aliphatic carbocycles. The SMILES string of the molecule is C#CCOCOCCCCCC. The summed E-state index contributed by atoms with van der Waals surface area (Å²) in [4.78, 5) is 0. The van der Waals surface area contributed by atoms with Crippen LogP contribution in [0.4, 0.5) is 0 Å². The first kappa shape index (κ1) is 11.5. The summed E-state index contributed by atoms with van der Waals surface area (Å²) in [5, 5.41) is 0. The van der Waals surface area contributed by atoms with Crippen molar-refractivity contribution in [3.63, 3.8) is 0 Å². The summed E-state index contributed by atoms with van der Waals surface area (Å²) in [5.41, 5.74) is 0. The zero-order chi connectivity index (χ0) is 9.07. The number of hydrogen-bond donors (Lipinski definition) is 0. The Hall–Kier alpha value is -0.520. The largest absolute Gasteiger partial charge is 0.355 e. The van der Waals surface area contributed by atoms with Gasteiger partial charge in [-0.2, -0.15) is 0 Å². The summed E-state index contributed by atoms with van der Waals surface area (Å²) >= 11 is 0. The highest BCUT2D eigenvalue weighted by Crippen LogP contribution is 1.98. The van der Waals surface area contributed by atoms with Crippen molar-refractivity contribution in [1.29, 1.82) is 0 Å². The number of terminal acetylenes is 1. The van der Waals surface area contributed by atoms with Crippen molar-refractivity contribution in [3.05, 3.63) is 0 Å². The van der Waals surface area contributed by atoms with Crippen molar-refractivity contribution in [2.45, 2.75) is 32.6 Å². The zero-order valence-corrected chi connectivity index (χ0v) is 7.84. The minimum absolute atomic E-state index is 0.330. The Kier molecular flexibility index (Phi) is 10.0. The third-order valence-electron chi connectivity index (χ3n) is 1.49. The van der Waals surface area contributed by atoms with Crippen LogP contribution in [0.5, 0.6) is 0 Å². The molecule has 0 aromatic rings. The van der Waals surface area contributed by atoms with E-state index in [0.717, 1.165) is 13.0 Å². The molecule has 0 N–H and O–H groups in total. The topological polar surface area (TPSA) is 18.5 Å². The number of hydrogen-bond acceptors (Lipinski definition) is 2. The summed E-state index contributed by atoms with van der Waals surface area (Å²) in [6.45, 7) is 3.65. The maximum atomic E-state index is 5.16. The summed E-state index contributed by atoms with van der Waals surface area (Å²) in [6, 6.07) is 0. The molecule has 0 amide bonds. The van der Waals surface area contributed by atoms with Gasteiger partial charge in [-0.1, -0.05) is 32.1 Å². The van der Waals surface area contributed by atoms with Crippen LogP contribution in [0, 0.1) is 12.3 Å². The van der Waals surface area contributed by atoms with Gasteiger partial charge in [0.25, 0.3) is 0 Å². The Morgan fingerprint density at radius 2 is 2.00 bits per heavy atom. The molecule has 2 nitrogen and oxygen atoms in total. The van der Waals surface area contributed by atoms with Gasteiger partial charge in [0, 0.05) is 6.61 Å². The van der Waals surface area contributed by atoms with Crippen LogP contribution in [0.25, 0.3) is 0 Å². The molecule has 0 atom stereocenters. The van der Waals surface area contributed by atoms with E-state index in [-0.39, 0.29) is 0 Å². The second-order valence-corrected chi connectivity index (χ2v) is 2.64. The lowest BCUT2D eigenvalue weighted by atomic mass is 10.2. The summed E-state index contributed by atoms with van der Waals surface area (Å²) in [5.74, 6) is 2.38. The van der Waals surface area contributed by atoms with Gasteiger partial charge >= 0.3 is 0 Å². The van der Waals surface area contributed by atoms with Crippen LogP contribution in [0.15, 0.2) is 0 Å². The lowest BCUT2D eigenvalue weighted by Crippen LogP contribution is -2.01. The molecule has 0 aromatic carbocycles. The normalized spacial score (nSPS) is 9.67. The zero-order valence-electron chi connectivity index (χ0n) is 7.84. The average Bonchev–Trinajstić information content (AvgIpc) is 2.10. The van der Waals surface area contributed by atoms with Crippen LogP contribution in [0.2, 0.25) is 0 Å². The minimum Gasteiger partial charge on any atom is -0.355 e. The van der Waals surface area contributed by atoms with Crippen LogP contribution in [0.3, 0.4) is 0 Å². The van der Waals surface area contributed by atoms with Crippen molar-refractivity contribution in [2.24, 2.45) is 0 Å². The van der Waals surface area contributed by atoms with E-state index in [9.17, 15) is 0 Å². The van der Waals surface area contributed by atoms with Crippen molar-refractivity contribution in [1.82, 2.24) is 0 Å². The van der Waals surface area contributed by atoms with Crippen LogP contribution in [-0.4, -0.2) is 20.0 Å². The Balaban J connectivity index is 2.78. The molecule has 0 saturated carbocycles. The molecule has 2 heteroatoms. The second-order valence-electron chi connectivity index (χ2n) is 2.64. The van der Waals surface area contributed by atoms with Gasteiger partial charge in [-0.15, -0.1) is 6.42 Å². The predicted octanol–water partition coefficient (Wildman–Crippen LogP) is 2.19. The van der Waals surface area contributed by atoms with E-state index in [2.05, 4.69) is 12.8 Å². The molecule has 70 valence electrons. The molecule has 0 heterocycles. The van der Waals surface area contributed by atoms with Crippen molar-refractivity contribution < 1.29 is 9.47 Å². The first-order valence-electron chi connectivity index (χ1n) is 4.50. The lowest BCUT2D eigenvalue weighted by molar-refractivity contribution is -0.0431. The van der Waals surface area contributed by atoms with E-state index in [0.29, 0.717) is 13.4 Å². The molecule has 0 aliphatic heterocycles. The first-order chi connectivity index (χ1) is 5.91.